The van der Waals surface area contributed by atoms with E-state index >= 15 is 0 Å². The third-order valence-corrected chi connectivity index (χ3v) is 2.54. The predicted molar refractivity (Wildman–Crippen MR) is 70.7 cm³/mol. The highest BCUT2D eigenvalue weighted by molar-refractivity contribution is 5.74. The summed E-state index contributed by atoms with van der Waals surface area (Å²) in [6.45, 7) is 4.00. The zero-order valence-corrected chi connectivity index (χ0v) is 11.1. The number of hydrogen-bond acceptors (Lipinski definition) is 3. The molecular weight excluding hydrogens is 246 g/mol. The number of rotatable bonds is 6. The summed E-state index contributed by atoms with van der Waals surface area (Å²) in [5.41, 5.74) is 1.68. The molecule has 0 aliphatic rings. The van der Waals surface area contributed by atoms with Gasteiger partial charge in [-0.15, -0.1) is 0 Å². The third-order valence-electron chi connectivity index (χ3n) is 2.54. The molecular formula is C13H19N3O3. The van der Waals surface area contributed by atoms with Crippen molar-refractivity contribution < 1.29 is 14.7 Å². The number of carbonyl (C=O) groups excluding carboxylic acids is 1. The summed E-state index contributed by atoms with van der Waals surface area (Å²) in [4.78, 5) is 26.2. The Morgan fingerprint density at radius 2 is 2.16 bits per heavy atom. The van der Waals surface area contributed by atoms with Gasteiger partial charge in [-0.05, 0) is 32.4 Å². The van der Waals surface area contributed by atoms with Gasteiger partial charge < -0.3 is 15.7 Å². The topological polar surface area (TPSA) is 91.3 Å². The Labute approximate surface area is 112 Å². The summed E-state index contributed by atoms with van der Waals surface area (Å²) in [5, 5.41) is 13.9. The Morgan fingerprint density at radius 3 is 2.79 bits per heavy atom. The van der Waals surface area contributed by atoms with Crippen LogP contribution in [0, 0.1) is 6.92 Å². The maximum Gasteiger partial charge on any atom is 0.315 e. The summed E-state index contributed by atoms with van der Waals surface area (Å²) in [6, 6.07) is 5.11. The predicted octanol–water partition coefficient (Wildman–Crippen LogP) is 1.44. The number of carbonyl (C=O) groups is 2. The van der Waals surface area contributed by atoms with Crippen molar-refractivity contribution in [2.75, 3.05) is 0 Å². The average Bonchev–Trinajstić information content (AvgIpc) is 2.34. The molecule has 6 nitrogen and oxygen atoms in total. The molecule has 0 aliphatic carbocycles. The minimum absolute atomic E-state index is 0.0425. The summed E-state index contributed by atoms with van der Waals surface area (Å²) in [5.74, 6) is -0.863. The van der Waals surface area contributed by atoms with E-state index in [1.807, 2.05) is 25.1 Å². The molecule has 0 radical (unpaired) electrons. The van der Waals surface area contributed by atoms with E-state index in [4.69, 9.17) is 5.11 Å². The van der Waals surface area contributed by atoms with Crippen molar-refractivity contribution in [1.29, 1.82) is 0 Å². The van der Waals surface area contributed by atoms with Crippen molar-refractivity contribution in [3.8, 4) is 0 Å². The summed E-state index contributed by atoms with van der Waals surface area (Å²) < 4.78 is 0. The second kappa shape index (κ2) is 7.35. The number of urea groups is 1. The van der Waals surface area contributed by atoms with Gasteiger partial charge in [0.1, 0.15) is 0 Å². The molecule has 0 spiro atoms. The lowest BCUT2D eigenvalue weighted by molar-refractivity contribution is -0.137. The average molecular weight is 265 g/mol. The monoisotopic (exact) mass is 265 g/mol. The molecule has 0 saturated heterocycles. The van der Waals surface area contributed by atoms with E-state index < -0.39 is 5.97 Å². The van der Waals surface area contributed by atoms with Gasteiger partial charge in [-0.2, -0.15) is 0 Å². The number of amides is 2. The number of aryl methyl sites for hydroxylation is 1. The number of nitrogens with zero attached hydrogens (tertiary/aromatic N) is 1. The first-order valence-electron chi connectivity index (χ1n) is 6.16. The lowest BCUT2D eigenvalue weighted by Gasteiger charge is -2.13. The molecule has 1 rings (SSSR count). The van der Waals surface area contributed by atoms with Crippen LogP contribution in [0.15, 0.2) is 18.2 Å². The van der Waals surface area contributed by atoms with Gasteiger partial charge in [0.25, 0.3) is 0 Å². The van der Waals surface area contributed by atoms with Crippen LogP contribution in [-0.2, 0) is 11.3 Å². The van der Waals surface area contributed by atoms with Crippen LogP contribution in [0.2, 0.25) is 0 Å². The fraction of sp³-hybridized carbons (Fsp3) is 0.462. The molecule has 104 valence electrons. The van der Waals surface area contributed by atoms with Crippen LogP contribution >= 0.6 is 0 Å². The number of carboxylic acid groups (broad SMARTS) is 1. The van der Waals surface area contributed by atoms with E-state index in [-0.39, 0.29) is 18.5 Å². The van der Waals surface area contributed by atoms with Crippen LogP contribution in [-0.4, -0.2) is 28.1 Å². The molecule has 0 aromatic carbocycles. The number of hydrogen-bond donors (Lipinski definition) is 3. The fourth-order valence-corrected chi connectivity index (χ4v) is 1.56. The largest absolute Gasteiger partial charge is 0.481 e. The van der Waals surface area contributed by atoms with Crippen LogP contribution in [0.3, 0.4) is 0 Å². The van der Waals surface area contributed by atoms with Crippen LogP contribution in [0.5, 0.6) is 0 Å². The number of nitrogens with one attached hydrogen (secondary N) is 2. The van der Waals surface area contributed by atoms with Gasteiger partial charge in [0.2, 0.25) is 0 Å². The molecule has 2 amide bonds. The van der Waals surface area contributed by atoms with Gasteiger partial charge in [-0.25, -0.2) is 4.79 Å². The van der Waals surface area contributed by atoms with Crippen LogP contribution in [0.25, 0.3) is 0 Å². The van der Waals surface area contributed by atoms with Crippen molar-refractivity contribution in [1.82, 2.24) is 15.6 Å². The molecule has 3 N–H and O–H groups in total. The fourth-order valence-electron chi connectivity index (χ4n) is 1.56. The molecule has 0 fully saturated rings. The highest BCUT2D eigenvalue weighted by Gasteiger charge is 2.08. The SMILES string of the molecule is Cc1cccc(CNC(=O)NC(C)CCC(=O)O)n1. The van der Waals surface area contributed by atoms with Gasteiger partial charge in [-0.3, -0.25) is 9.78 Å². The highest BCUT2D eigenvalue weighted by atomic mass is 16.4. The number of carboxylic acids is 1. The van der Waals surface area contributed by atoms with E-state index in [0.717, 1.165) is 11.4 Å². The second-order valence-corrected chi connectivity index (χ2v) is 4.43. The lowest BCUT2D eigenvalue weighted by Crippen LogP contribution is -2.40. The minimum Gasteiger partial charge on any atom is -0.481 e. The Morgan fingerprint density at radius 1 is 1.42 bits per heavy atom. The molecule has 0 saturated carbocycles. The molecule has 1 atom stereocenters. The molecule has 19 heavy (non-hydrogen) atoms. The third kappa shape index (κ3) is 6.40. The van der Waals surface area contributed by atoms with Gasteiger partial charge in [0.15, 0.2) is 0 Å². The van der Waals surface area contributed by atoms with Gasteiger partial charge in [0, 0.05) is 18.2 Å². The standard InChI is InChI=1S/C13H19N3O3/c1-9-4-3-5-11(15-9)8-14-13(19)16-10(2)6-7-12(17)18/h3-5,10H,6-8H2,1-2H3,(H,17,18)(H2,14,16,19). The lowest BCUT2D eigenvalue weighted by atomic mass is 10.2. The first-order chi connectivity index (χ1) is 8.97. The van der Waals surface area contributed by atoms with E-state index in [0.29, 0.717) is 13.0 Å². The molecule has 1 aromatic heterocycles. The molecule has 1 unspecified atom stereocenters. The molecule has 0 aliphatic heterocycles. The quantitative estimate of drug-likeness (QED) is 0.726. The van der Waals surface area contributed by atoms with Crippen molar-refractivity contribution in [3.05, 3.63) is 29.6 Å². The smallest absolute Gasteiger partial charge is 0.315 e. The van der Waals surface area contributed by atoms with E-state index in [1.54, 1.807) is 6.92 Å². The van der Waals surface area contributed by atoms with Crippen LogP contribution in [0.1, 0.15) is 31.2 Å². The highest BCUT2D eigenvalue weighted by Crippen LogP contribution is 1.98. The molecule has 0 bridgehead atoms. The zero-order valence-electron chi connectivity index (χ0n) is 11.1. The van der Waals surface area contributed by atoms with Crippen molar-refractivity contribution in [2.45, 2.75) is 39.3 Å². The normalized spacial score (nSPS) is 11.7. The Bertz CT molecular complexity index is 449. The van der Waals surface area contributed by atoms with Crippen molar-refractivity contribution in [3.63, 3.8) is 0 Å². The summed E-state index contributed by atoms with van der Waals surface area (Å²) in [7, 11) is 0. The Hall–Kier alpha value is -2.11. The first kappa shape index (κ1) is 14.9. The zero-order chi connectivity index (χ0) is 14.3. The Kier molecular flexibility index (Phi) is 5.78. The van der Waals surface area contributed by atoms with E-state index in [1.165, 1.54) is 0 Å². The van der Waals surface area contributed by atoms with Crippen molar-refractivity contribution >= 4 is 12.0 Å². The number of aromatic nitrogens is 1. The van der Waals surface area contributed by atoms with Crippen molar-refractivity contribution in [2.24, 2.45) is 0 Å². The maximum absolute atomic E-state index is 11.6. The van der Waals surface area contributed by atoms with E-state index in [9.17, 15) is 9.59 Å². The maximum atomic E-state index is 11.6. The Balaban J connectivity index is 2.29. The number of aliphatic carboxylic acids is 1. The first-order valence-corrected chi connectivity index (χ1v) is 6.16. The second-order valence-electron chi connectivity index (χ2n) is 4.43. The minimum atomic E-state index is -0.863. The van der Waals surface area contributed by atoms with Crippen LogP contribution in [0.4, 0.5) is 4.79 Å². The molecule has 1 aromatic rings. The molecule has 1 heterocycles. The summed E-state index contributed by atoms with van der Waals surface area (Å²) >= 11 is 0. The molecule has 6 heteroatoms. The summed E-state index contributed by atoms with van der Waals surface area (Å²) in [6.07, 6.45) is 0.451. The van der Waals surface area contributed by atoms with Crippen LogP contribution < -0.4 is 10.6 Å². The number of pyridine rings is 1. The van der Waals surface area contributed by atoms with Gasteiger partial charge in [0.05, 0.1) is 12.2 Å². The van der Waals surface area contributed by atoms with Gasteiger partial charge >= 0.3 is 12.0 Å². The van der Waals surface area contributed by atoms with Gasteiger partial charge in [-0.1, -0.05) is 6.07 Å². The van der Waals surface area contributed by atoms with E-state index in [2.05, 4.69) is 15.6 Å².